The lowest BCUT2D eigenvalue weighted by Gasteiger charge is -2.32. The van der Waals surface area contributed by atoms with Crippen molar-refractivity contribution in [2.45, 2.75) is 57.6 Å². The zero-order valence-corrected chi connectivity index (χ0v) is 22.4. The van der Waals surface area contributed by atoms with Crippen molar-refractivity contribution >= 4 is 49.7 Å². The van der Waals surface area contributed by atoms with Gasteiger partial charge in [0.25, 0.3) is 5.91 Å². The second kappa shape index (κ2) is 10.2. The molecule has 2 heterocycles. The van der Waals surface area contributed by atoms with Crippen LogP contribution in [0, 0.1) is 5.41 Å². The number of fused-ring (bicyclic) bond motifs is 1. The van der Waals surface area contributed by atoms with Gasteiger partial charge in [0.1, 0.15) is 23.5 Å². The van der Waals surface area contributed by atoms with E-state index in [0.717, 1.165) is 16.9 Å². The highest BCUT2D eigenvalue weighted by atomic mass is 33.1. The summed E-state index contributed by atoms with van der Waals surface area (Å²) in [4.78, 5) is 47.6. The summed E-state index contributed by atoms with van der Waals surface area (Å²) in [6.45, 7) is 8.33. The number of nitrogens with one attached hydrogen (secondary N) is 1. The molecule has 1 aliphatic rings. The van der Waals surface area contributed by atoms with Crippen molar-refractivity contribution < 1.29 is 19.1 Å². The molecule has 0 radical (unpaired) electrons. The molecule has 0 spiro atoms. The number of benzene rings is 2. The number of aromatic amines is 1. The summed E-state index contributed by atoms with van der Waals surface area (Å²) in [5.74, 6) is 0.0552. The first-order chi connectivity index (χ1) is 17.0. The third-order valence-corrected chi connectivity index (χ3v) is 8.85. The van der Waals surface area contributed by atoms with Crippen molar-refractivity contribution in [3.8, 4) is 0 Å². The molecule has 2 aromatic carbocycles. The summed E-state index contributed by atoms with van der Waals surface area (Å²) in [6, 6.07) is 12.8. The molecule has 0 aliphatic carbocycles. The highest BCUT2D eigenvalue weighted by Gasteiger charge is 2.44. The van der Waals surface area contributed by atoms with E-state index in [1.807, 2.05) is 58.0 Å². The maximum Gasteiger partial charge on any atom is 0.410 e. The van der Waals surface area contributed by atoms with Gasteiger partial charge in [0, 0.05) is 16.9 Å². The van der Waals surface area contributed by atoms with E-state index in [1.54, 1.807) is 17.0 Å². The van der Waals surface area contributed by atoms with Gasteiger partial charge in [-0.25, -0.2) is 9.78 Å². The van der Waals surface area contributed by atoms with E-state index in [4.69, 9.17) is 10.5 Å². The molecule has 1 atom stereocenters. The summed E-state index contributed by atoms with van der Waals surface area (Å²) in [7, 11) is 2.65. The topological polar surface area (TPSA) is 118 Å². The van der Waals surface area contributed by atoms with Crippen molar-refractivity contribution in [2.24, 2.45) is 11.1 Å². The number of aromatic nitrogens is 2. The number of ether oxygens (including phenoxy) is 1. The van der Waals surface area contributed by atoms with Crippen LogP contribution in [0.2, 0.25) is 0 Å². The molecule has 190 valence electrons. The Bertz CT molecular complexity index is 1300. The molecular weight excluding hydrogens is 496 g/mol. The Balaban J connectivity index is 1.41. The van der Waals surface area contributed by atoms with Gasteiger partial charge in [0.2, 0.25) is 5.12 Å². The second-order valence-electron chi connectivity index (χ2n) is 10.1. The molecule has 1 aromatic heterocycles. The molecule has 1 saturated heterocycles. The second-order valence-corrected chi connectivity index (χ2v) is 12.3. The number of H-pyrrole nitrogens is 1. The standard InChI is InChI=1S/C26H30N4O4S2/c1-25(2,3)23(32)36-35-17-11-9-16(10-12-17)15-34-24(33)30-14-6-13-26(30,4)22-28-19-8-5-7-18(21(27)31)20(19)29-22/h5,7-12H,6,13-15H2,1-4H3,(H2,27,31)(H,28,29)/t26-/m1/s1. The minimum Gasteiger partial charge on any atom is -0.445 e. The molecule has 1 aliphatic heterocycles. The van der Waals surface area contributed by atoms with Crippen LogP contribution in [0.25, 0.3) is 11.0 Å². The normalized spacial score (nSPS) is 17.9. The predicted molar refractivity (Wildman–Crippen MR) is 142 cm³/mol. The fourth-order valence-electron chi connectivity index (χ4n) is 4.06. The molecule has 8 nitrogen and oxygen atoms in total. The molecule has 0 unspecified atom stereocenters. The van der Waals surface area contributed by atoms with E-state index in [1.165, 1.54) is 21.6 Å². The number of hydrogen-bond acceptors (Lipinski definition) is 7. The number of primary amides is 1. The fourth-order valence-corrected chi connectivity index (χ4v) is 6.33. The number of para-hydroxylation sites is 1. The lowest BCUT2D eigenvalue weighted by molar-refractivity contribution is -0.117. The van der Waals surface area contributed by atoms with Crippen molar-refractivity contribution in [1.82, 2.24) is 14.9 Å². The maximum atomic E-state index is 13.1. The minimum atomic E-state index is -0.692. The Morgan fingerprint density at radius 1 is 1.17 bits per heavy atom. The molecular formula is C26H30N4O4S2. The van der Waals surface area contributed by atoms with Crippen LogP contribution in [-0.2, 0) is 21.7 Å². The summed E-state index contributed by atoms with van der Waals surface area (Å²) in [5.41, 5.74) is 6.83. The molecule has 3 N–H and O–H groups in total. The number of carbonyl (C=O) groups is 3. The third-order valence-electron chi connectivity index (χ3n) is 6.26. The number of amides is 2. The monoisotopic (exact) mass is 526 g/mol. The summed E-state index contributed by atoms with van der Waals surface area (Å²) in [6.07, 6.45) is 1.10. The fraction of sp³-hybridized carbons (Fsp3) is 0.385. The van der Waals surface area contributed by atoms with Crippen molar-refractivity contribution in [3.63, 3.8) is 0 Å². The van der Waals surface area contributed by atoms with Gasteiger partial charge in [-0.3, -0.25) is 14.5 Å². The first kappa shape index (κ1) is 26.1. The van der Waals surface area contributed by atoms with E-state index in [9.17, 15) is 14.4 Å². The van der Waals surface area contributed by atoms with Crippen LogP contribution in [0.5, 0.6) is 0 Å². The molecule has 10 heteroatoms. The molecule has 36 heavy (non-hydrogen) atoms. The third kappa shape index (κ3) is 5.39. The van der Waals surface area contributed by atoms with E-state index in [0.29, 0.717) is 35.4 Å². The number of likely N-dealkylation sites (tertiary alicyclic amines) is 1. The Kier molecular flexibility index (Phi) is 7.38. The predicted octanol–water partition coefficient (Wildman–Crippen LogP) is 5.62. The Morgan fingerprint density at radius 2 is 1.89 bits per heavy atom. The van der Waals surface area contributed by atoms with Gasteiger partial charge in [-0.15, -0.1) is 0 Å². The van der Waals surface area contributed by atoms with E-state index in [2.05, 4.69) is 9.97 Å². The largest absolute Gasteiger partial charge is 0.445 e. The number of nitrogens with zero attached hydrogens (tertiary/aromatic N) is 2. The Hall–Kier alpha value is -2.98. The smallest absolute Gasteiger partial charge is 0.410 e. The van der Waals surface area contributed by atoms with Gasteiger partial charge in [-0.1, -0.05) is 39.0 Å². The number of rotatable bonds is 6. The SMILES string of the molecule is CC(C)(C)C(=O)SSc1ccc(COC(=O)N2CCC[C@]2(C)c2nc3c(C(N)=O)cccc3[nH]2)cc1. The molecule has 0 saturated carbocycles. The summed E-state index contributed by atoms with van der Waals surface area (Å²) in [5, 5.41) is 0.120. The molecule has 3 aromatic rings. The first-order valence-corrected chi connectivity index (χ1v) is 13.9. The highest BCUT2D eigenvalue weighted by Crippen LogP contribution is 2.39. The highest BCUT2D eigenvalue weighted by molar-refractivity contribution is 8.82. The average Bonchev–Trinajstić information content (AvgIpc) is 3.45. The van der Waals surface area contributed by atoms with Gasteiger partial charge < -0.3 is 15.5 Å². The molecule has 1 fully saturated rings. The minimum absolute atomic E-state index is 0.120. The number of imidazole rings is 1. The lowest BCUT2D eigenvalue weighted by Crippen LogP contribution is -2.43. The van der Waals surface area contributed by atoms with Crippen LogP contribution in [0.15, 0.2) is 47.4 Å². The van der Waals surface area contributed by atoms with Gasteiger partial charge in [-0.2, -0.15) is 0 Å². The van der Waals surface area contributed by atoms with E-state index < -0.39 is 17.5 Å². The van der Waals surface area contributed by atoms with Crippen LogP contribution in [0.3, 0.4) is 0 Å². The molecule has 0 bridgehead atoms. The van der Waals surface area contributed by atoms with Crippen LogP contribution < -0.4 is 5.73 Å². The zero-order chi connectivity index (χ0) is 26.1. The van der Waals surface area contributed by atoms with Gasteiger partial charge in [0.15, 0.2) is 0 Å². The van der Waals surface area contributed by atoms with Crippen LogP contribution in [0.4, 0.5) is 4.79 Å². The summed E-state index contributed by atoms with van der Waals surface area (Å²) >= 11 is 0. The first-order valence-electron chi connectivity index (χ1n) is 11.7. The Labute approximate surface area is 218 Å². The van der Waals surface area contributed by atoms with Crippen molar-refractivity contribution in [2.75, 3.05) is 6.54 Å². The number of carbonyl (C=O) groups excluding carboxylic acids is 3. The van der Waals surface area contributed by atoms with Crippen molar-refractivity contribution in [1.29, 1.82) is 0 Å². The summed E-state index contributed by atoms with van der Waals surface area (Å²) < 4.78 is 5.65. The van der Waals surface area contributed by atoms with Crippen LogP contribution >= 0.6 is 21.6 Å². The van der Waals surface area contributed by atoms with Crippen LogP contribution in [-0.4, -0.2) is 38.5 Å². The van der Waals surface area contributed by atoms with Crippen molar-refractivity contribution in [3.05, 3.63) is 59.4 Å². The maximum absolute atomic E-state index is 13.1. The number of hydrogen-bond donors (Lipinski definition) is 2. The quantitative estimate of drug-likeness (QED) is 0.400. The zero-order valence-electron chi connectivity index (χ0n) is 20.8. The van der Waals surface area contributed by atoms with E-state index >= 15 is 0 Å². The van der Waals surface area contributed by atoms with E-state index in [-0.39, 0.29) is 17.1 Å². The van der Waals surface area contributed by atoms with Gasteiger partial charge in [0.05, 0.1) is 11.1 Å². The molecule has 4 rings (SSSR count). The van der Waals surface area contributed by atoms with Gasteiger partial charge in [-0.05, 0) is 71.2 Å². The average molecular weight is 527 g/mol. The van der Waals surface area contributed by atoms with Crippen LogP contribution in [0.1, 0.15) is 62.3 Å². The molecule has 2 amide bonds. The Morgan fingerprint density at radius 3 is 2.56 bits per heavy atom. The lowest BCUT2D eigenvalue weighted by atomic mass is 9.98. The van der Waals surface area contributed by atoms with Gasteiger partial charge >= 0.3 is 6.09 Å². The number of nitrogens with two attached hydrogens (primary N) is 1.